The molecule has 1 unspecified atom stereocenters. The first-order valence-corrected chi connectivity index (χ1v) is 7.14. The number of hydrogen-bond donors (Lipinski definition) is 1. The summed E-state index contributed by atoms with van der Waals surface area (Å²) in [7, 11) is 0. The van der Waals surface area contributed by atoms with Gasteiger partial charge in [0.2, 0.25) is 5.01 Å². The van der Waals surface area contributed by atoms with Gasteiger partial charge in [-0.2, -0.15) is 8.78 Å². The highest BCUT2D eigenvalue weighted by Crippen LogP contribution is 2.57. The monoisotopic (exact) mass is 366 g/mol. The molecule has 0 bridgehead atoms. The zero-order valence-electron chi connectivity index (χ0n) is 10.6. The molecule has 2 aliphatic rings. The average molecular weight is 367 g/mol. The molecule has 0 fully saturated rings. The van der Waals surface area contributed by atoms with E-state index in [9.17, 15) is 17.6 Å². The van der Waals surface area contributed by atoms with Gasteiger partial charge in [-0.15, -0.1) is 0 Å². The van der Waals surface area contributed by atoms with E-state index in [1.807, 2.05) is 0 Å². The van der Waals surface area contributed by atoms with E-state index in [1.165, 1.54) is 18.2 Å². The third kappa shape index (κ3) is 1.88. The summed E-state index contributed by atoms with van der Waals surface area (Å²) in [6, 6.07) is 4.78. The van der Waals surface area contributed by atoms with Gasteiger partial charge in [0.1, 0.15) is 0 Å². The van der Waals surface area contributed by atoms with Crippen LogP contribution >= 0.6 is 15.9 Å². The number of aliphatic imine (C=N–C) groups is 1. The van der Waals surface area contributed by atoms with Gasteiger partial charge in [0.05, 0.1) is 0 Å². The number of nitrogens with zero attached hydrogens (tertiary/aromatic N) is 1. The smallest absolute Gasteiger partial charge is 0.322 e. The standard InChI is InChI=1S/C13H11BrF4N2O/c14-9-13(17,18)11(20-10(19)21-9)5-6-12(15,16)8-4-2-1-3-7(8)11/h1-4,9H,5-6H2,(H2,19,20)/t9?,11-/m1/s1. The second-order valence-electron chi connectivity index (χ2n) is 5.12. The Morgan fingerprint density at radius 2 is 1.76 bits per heavy atom. The summed E-state index contributed by atoms with van der Waals surface area (Å²) < 4.78 is 62.1. The molecule has 0 aromatic heterocycles. The van der Waals surface area contributed by atoms with Crippen molar-refractivity contribution in [3.05, 3.63) is 35.4 Å². The van der Waals surface area contributed by atoms with Gasteiger partial charge in [-0.1, -0.05) is 24.3 Å². The normalized spacial score (nSPS) is 33.0. The average Bonchev–Trinajstić information content (AvgIpc) is 2.41. The highest BCUT2D eigenvalue weighted by Gasteiger charge is 2.66. The number of fused-ring (bicyclic) bond motifs is 2. The molecule has 1 aromatic rings. The van der Waals surface area contributed by atoms with Crippen LogP contribution in [0.15, 0.2) is 29.3 Å². The van der Waals surface area contributed by atoms with E-state index in [-0.39, 0.29) is 5.56 Å². The molecule has 1 aliphatic heterocycles. The lowest BCUT2D eigenvalue weighted by Gasteiger charge is -2.46. The van der Waals surface area contributed by atoms with Crippen molar-refractivity contribution in [1.82, 2.24) is 0 Å². The van der Waals surface area contributed by atoms with Crippen LogP contribution in [0.2, 0.25) is 0 Å². The highest BCUT2D eigenvalue weighted by molar-refractivity contribution is 9.09. The van der Waals surface area contributed by atoms with E-state index < -0.39 is 46.8 Å². The van der Waals surface area contributed by atoms with Crippen molar-refractivity contribution in [1.29, 1.82) is 0 Å². The minimum Gasteiger partial charge on any atom is -0.444 e. The molecule has 114 valence electrons. The molecule has 1 aliphatic carbocycles. The molecule has 0 radical (unpaired) electrons. The first kappa shape index (κ1) is 14.6. The quantitative estimate of drug-likeness (QED) is 0.564. The SMILES string of the molecule is NC1=N[C@@]2(CCC(F)(F)c3ccccc32)C(F)(F)C(Br)O1. The van der Waals surface area contributed by atoms with E-state index in [4.69, 9.17) is 10.5 Å². The Bertz CT molecular complexity index is 622. The van der Waals surface area contributed by atoms with Gasteiger partial charge < -0.3 is 10.5 Å². The van der Waals surface area contributed by atoms with Gasteiger partial charge in [0.25, 0.3) is 11.9 Å². The van der Waals surface area contributed by atoms with Crippen LogP contribution in [0.25, 0.3) is 0 Å². The molecular formula is C13H11BrF4N2O. The number of rotatable bonds is 0. The lowest BCUT2D eigenvalue weighted by molar-refractivity contribution is -0.153. The van der Waals surface area contributed by atoms with Crippen LogP contribution in [0, 0.1) is 0 Å². The summed E-state index contributed by atoms with van der Waals surface area (Å²) in [6.07, 6.45) is -1.24. The van der Waals surface area contributed by atoms with E-state index in [0.29, 0.717) is 0 Å². The number of benzene rings is 1. The van der Waals surface area contributed by atoms with Crippen LogP contribution < -0.4 is 5.73 Å². The fraction of sp³-hybridized carbons (Fsp3) is 0.462. The topological polar surface area (TPSA) is 47.6 Å². The Hall–Kier alpha value is -1.31. The maximum atomic E-state index is 14.7. The lowest BCUT2D eigenvalue weighted by Crippen LogP contribution is -2.58. The first-order valence-electron chi connectivity index (χ1n) is 6.22. The van der Waals surface area contributed by atoms with Gasteiger partial charge in [-0.3, -0.25) is 0 Å². The lowest BCUT2D eigenvalue weighted by atomic mass is 9.71. The van der Waals surface area contributed by atoms with Crippen LogP contribution in [-0.4, -0.2) is 17.0 Å². The first-order chi connectivity index (χ1) is 9.71. The van der Waals surface area contributed by atoms with E-state index in [2.05, 4.69) is 20.9 Å². The molecule has 0 amide bonds. The molecule has 3 rings (SSSR count). The number of halogens is 5. The van der Waals surface area contributed by atoms with Crippen molar-refractivity contribution < 1.29 is 22.3 Å². The fourth-order valence-electron chi connectivity index (χ4n) is 2.89. The molecule has 2 atom stereocenters. The van der Waals surface area contributed by atoms with E-state index in [0.717, 1.165) is 6.07 Å². The second-order valence-corrected chi connectivity index (χ2v) is 5.95. The maximum absolute atomic E-state index is 14.7. The molecule has 0 saturated heterocycles. The fourth-order valence-corrected chi connectivity index (χ4v) is 3.46. The largest absolute Gasteiger partial charge is 0.444 e. The van der Waals surface area contributed by atoms with Crippen molar-refractivity contribution in [2.24, 2.45) is 10.7 Å². The van der Waals surface area contributed by atoms with Gasteiger partial charge in [-0.05, 0) is 27.9 Å². The minimum atomic E-state index is -3.51. The Morgan fingerprint density at radius 1 is 1.14 bits per heavy atom. The van der Waals surface area contributed by atoms with Crippen molar-refractivity contribution >= 4 is 22.0 Å². The molecule has 1 aromatic carbocycles. The molecular weight excluding hydrogens is 356 g/mol. The van der Waals surface area contributed by atoms with Crippen LogP contribution in [0.3, 0.4) is 0 Å². The van der Waals surface area contributed by atoms with Crippen molar-refractivity contribution in [2.45, 2.75) is 35.2 Å². The third-order valence-corrected chi connectivity index (χ3v) is 4.69. The molecule has 0 saturated carbocycles. The number of hydrogen-bond acceptors (Lipinski definition) is 3. The predicted molar refractivity (Wildman–Crippen MR) is 71.6 cm³/mol. The molecule has 21 heavy (non-hydrogen) atoms. The third-order valence-electron chi connectivity index (χ3n) is 3.93. The van der Waals surface area contributed by atoms with Gasteiger partial charge >= 0.3 is 5.92 Å². The van der Waals surface area contributed by atoms with Crippen LogP contribution in [0.1, 0.15) is 24.0 Å². The van der Waals surface area contributed by atoms with E-state index in [1.54, 1.807) is 0 Å². The van der Waals surface area contributed by atoms with Crippen LogP contribution in [0.4, 0.5) is 17.6 Å². The van der Waals surface area contributed by atoms with Crippen molar-refractivity contribution in [2.75, 3.05) is 0 Å². The molecule has 1 heterocycles. The zero-order chi connectivity index (χ0) is 15.5. The van der Waals surface area contributed by atoms with Gasteiger partial charge in [-0.25, -0.2) is 13.8 Å². The Kier molecular flexibility index (Phi) is 3.02. The Morgan fingerprint density at radius 3 is 2.43 bits per heavy atom. The molecule has 8 heteroatoms. The number of alkyl halides is 5. The van der Waals surface area contributed by atoms with Crippen LogP contribution in [0.5, 0.6) is 0 Å². The van der Waals surface area contributed by atoms with E-state index >= 15 is 0 Å². The number of amidine groups is 1. The summed E-state index contributed by atoms with van der Waals surface area (Å²) in [6.45, 7) is 0. The molecule has 3 nitrogen and oxygen atoms in total. The van der Waals surface area contributed by atoms with Crippen molar-refractivity contribution in [3.63, 3.8) is 0 Å². The second kappa shape index (κ2) is 4.34. The minimum absolute atomic E-state index is 0.207. The maximum Gasteiger partial charge on any atom is 0.322 e. The van der Waals surface area contributed by atoms with Crippen LogP contribution in [-0.2, 0) is 16.2 Å². The van der Waals surface area contributed by atoms with Gasteiger partial charge in [0, 0.05) is 12.0 Å². The zero-order valence-corrected chi connectivity index (χ0v) is 12.2. The predicted octanol–water partition coefficient (Wildman–Crippen LogP) is 3.47. The summed E-state index contributed by atoms with van der Waals surface area (Å²) in [4.78, 5) is 3.74. The summed E-state index contributed by atoms with van der Waals surface area (Å²) in [5.41, 5.74) is 2.67. The molecule has 1 spiro atoms. The summed E-state index contributed by atoms with van der Waals surface area (Å²) >= 11 is 2.72. The molecule has 2 N–H and O–H groups in total. The Labute approximate surface area is 126 Å². The highest BCUT2D eigenvalue weighted by atomic mass is 79.9. The van der Waals surface area contributed by atoms with Gasteiger partial charge in [0.15, 0.2) is 5.54 Å². The summed E-state index contributed by atoms with van der Waals surface area (Å²) in [5.74, 6) is -6.68. The van der Waals surface area contributed by atoms with Crippen molar-refractivity contribution in [3.8, 4) is 0 Å². The summed E-state index contributed by atoms with van der Waals surface area (Å²) in [5, 5.41) is -1.72. The number of ether oxygens (including phenoxy) is 1. The Balaban J connectivity index is 2.29. The number of nitrogens with two attached hydrogens (primary N) is 1.